The summed E-state index contributed by atoms with van der Waals surface area (Å²) in [5.41, 5.74) is 0.593. The summed E-state index contributed by atoms with van der Waals surface area (Å²) in [6, 6.07) is 0. The van der Waals surface area contributed by atoms with Crippen molar-refractivity contribution in [3.63, 3.8) is 0 Å². The van der Waals surface area contributed by atoms with Crippen LogP contribution < -0.4 is 0 Å². The van der Waals surface area contributed by atoms with Crippen LogP contribution in [0.5, 0.6) is 0 Å². The van der Waals surface area contributed by atoms with Gasteiger partial charge in [0.1, 0.15) is 0 Å². The first-order valence-corrected chi connectivity index (χ1v) is 9.82. The van der Waals surface area contributed by atoms with Crippen LogP contribution >= 0.6 is 0 Å². The molecule has 0 rings (SSSR count). The van der Waals surface area contributed by atoms with E-state index in [1.165, 1.54) is 51.4 Å². The summed E-state index contributed by atoms with van der Waals surface area (Å²) < 4.78 is 0. The van der Waals surface area contributed by atoms with Crippen LogP contribution in [0.4, 0.5) is 0 Å². The van der Waals surface area contributed by atoms with E-state index in [4.69, 9.17) is 0 Å². The molecule has 0 aromatic heterocycles. The molecule has 4 atom stereocenters. The quantitative estimate of drug-likeness (QED) is 0.346. The minimum absolute atomic E-state index is 0.593. The maximum absolute atomic E-state index is 2.47. The first kappa shape index (κ1) is 21.0. The molecular weight excluding hydrogens is 252 g/mol. The van der Waals surface area contributed by atoms with E-state index in [2.05, 4.69) is 55.4 Å². The predicted molar refractivity (Wildman–Crippen MR) is 98.7 cm³/mol. The molecule has 0 saturated carbocycles. The summed E-state index contributed by atoms with van der Waals surface area (Å²) in [6.45, 7) is 19.3. The van der Waals surface area contributed by atoms with Gasteiger partial charge in [-0.3, -0.25) is 0 Å². The Labute approximate surface area is 136 Å². The molecule has 0 aromatic rings. The Hall–Kier alpha value is 0. The highest BCUT2D eigenvalue weighted by Crippen LogP contribution is 2.46. The molecule has 0 radical (unpaired) electrons. The molecule has 0 saturated heterocycles. The van der Waals surface area contributed by atoms with Gasteiger partial charge in [0.15, 0.2) is 0 Å². The van der Waals surface area contributed by atoms with E-state index in [0.717, 1.165) is 23.7 Å². The second-order valence-electron chi connectivity index (χ2n) is 8.37. The fraction of sp³-hybridized carbons (Fsp3) is 1.00. The third-order valence-corrected chi connectivity index (χ3v) is 5.91. The van der Waals surface area contributed by atoms with Gasteiger partial charge in [0, 0.05) is 0 Å². The fourth-order valence-corrected chi connectivity index (χ4v) is 4.03. The van der Waals surface area contributed by atoms with Crippen molar-refractivity contribution in [3.8, 4) is 0 Å². The van der Waals surface area contributed by atoms with Crippen LogP contribution in [0, 0.1) is 29.1 Å². The average molecular weight is 297 g/mol. The van der Waals surface area contributed by atoms with Crippen LogP contribution in [0.15, 0.2) is 0 Å². The molecule has 21 heavy (non-hydrogen) atoms. The second kappa shape index (κ2) is 10.7. The Morgan fingerprint density at radius 3 is 0.810 bits per heavy atom. The van der Waals surface area contributed by atoms with Crippen LogP contribution in [0.25, 0.3) is 0 Å². The van der Waals surface area contributed by atoms with Gasteiger partial charge in [0.2, 0.25) is 0 Å². The zero-order valence-electron chi connectivity index (χ0n) is 16.5. The highest BCUT2D eigenvalue weighted by Gasteiger charge is 2.35. The molecule has 0 N–H and O–H groups in total. The second-order valence-corrected chi connectivity index (χ2v) is 8.37. The van der Waals surface area contributed by atoms with E-state index in [9.17, 15) is 0 Å². The van der Waals surface area contributed by atoms with Crippen LogP contribution in [0.3, 0.4) is 0 Å². The summed E-state index contributed by atoms with van der Waals surface area (Å²) >= 11 is 0. The van der Waals surface area contributed by atoms with Crippen molar-refractivity contribution in [2.75, 3.05) is 0 Å². The van der Waals surface area contributed by atoms with Gasteiger partial charge in [-0.2, -0.15) is 0 Å². The lowest BCUT2D eigenvalue weighted by molar-refractivity contribution is 0.0939. The summed E-state index contributed by atoms with van der Waals surface area (Å²) in [5, 5.41) is 0. The molecule has 0 spiro atoms. The van der Waals surface area contributed by atoms with Crippen molar-refractivity contribution in [2.45, 2.75) is 107 Å². The molecule has 4 unspecified atom stereocenters. The van der Waals surface area contributed by atoms with Crippen molar-refractivity contribution < 1.29 is 0 Å². The Balaban J connectivity index is 5.23. The minimum Gasteiger partial charge on any atom is -0.0651 e. The number of rotatable bonds is 12. The largest absolute Gasteiger partial charge is 0.0651 e. The van der Waals surface area contributed by atoms with Gasteiger partial charge in [-0.05, 0) is 54.8 Å². The van der Waals surface area contributed by atoms with Crippen LogP contribution in [-0.2, 0) is 0 Å². The standard InChI is InChI=1S/C21H44/c1-9-17(5)13-21(14-18(6)10-2,15-19(7)11-3)16-20(8)12-4/h17-20H,9-16H2,1-8H3. The van der Waals surface area contributed by atoms with Crippen LogP contribution in [-0.4, -0.2) is 0 Å². The molecule has 0 bridgehead atoms. The van der Waals surface area contributed by atoms with E-state index in [1.807, 2.05) is 0 Å². The van der Waals surface area contributed by atoms with E-state index >= 15 is 0 Å². The van der Waals surface area contributed by atoms with Gasteiger partial charge < -0.3 is 0 Å². The summed E-state index contributed by atoms with van der Waals surface area (Å²) in [5.74, 6) is 3.51. The maximum atomic E-state index is 2.47. The molecule has 0 heterocycles. The summed E-state index contributed by atoms with van der Waals surface area (Å²) in [6.07, 6.45) is 11.1. The SMILES string of the molecule is CCC(C)CC(CC(C)CC)(CC(C)CC)CC(C)CC. The summed E-state index contributed by atoms with van der Waals surface area (Å²) in [7, 11) is 0. The highest BCUT2D eigenvalue weighted by atomic mass is 14.4. The first-order valence-electron chi connectivity index (χ1n) is 9.82. The lowest BCUT2D eigenvalue weighted by Gasteiger charge is -2.42. The van der Waals surface area contributed by atoms with Gasteiger partial charge in [-0.15, -0.1) is 0 Å². The van der Waals surface area contributed by atoms with Crippen molar-refractivity contribution in [2.24, 2.45) is 29.1 Å². The smallest absolute Gasteiger partial charge is 0.0287 e. The van der Waals surface area contributed by atoms with E-state index < -0.39 is 0 Å². The minimum atomic E-state index is 0.593. The molecule has 0 nitrogen and oxygen atoms in total. The Kier molecular flexibility index (Phi) is 10.7. The van der Waals surface area contributed by atoms with Crippen LogP contribution in [0.1, 0.15) is 107 Å². The predicted octanol–water partition coefficient (Wildman–Crippen LogP) is 7.72. The number of hydrogen-bond donors (Lipinski definition) is 0. The molecule has 0 aliphatic rings. The molecule has 0 aliphatic heterocycles. The van der Waals surface area contributed by atoms with Crippen molar-refractivity contribution in [1.82, 2.24) is 0 Å². The van der Waals surface area contributed by atoms with Crippen LogP contribution in [0.2, 0.25) is 0 Å². The topological polar surface area (TPSA) is 0 Å². The monoisotopic (exact) mass is 296 g/mol. The van der Waals surface area contributed by atoms with Gasteiger partial charge in [0.05, 0.1) is 0 Å². The molecule has 0 heteroatoms. The van der Waals surface area contributed by atoms with E-state index in [0.29, 0.717) is 5.41 Å². The van der Waals surface area contributed by atoms with Gasteiger partial charge in [0.25, 0.3) is 0 Å². The average Bonchev–Trinajstić information content (AvgIpc) is 2.46. The molecular formula is C21H44. The van der Waals surface area contributed by atoms with Crippen molar-refractivity contribution >= 4 is 0 Å². The van der Waals surface area contributed by atoms with Gasteiger partial charge >= 0.3 is 0 Å². The number of hydrogen-bond acceptors (Lipinski definition) is 0. The molecule has 0 aliphatic carbocycles. The van der Waals surface area contributed by atoms with E-state index in [-0.39, 0.29) is 0 Å². The normalized spacial score (nSPS) is 20.6. The Morgan fingerprint density at radius 1 is 0.476 bits per heavy atom. The van der Waals surface area contributed by atoms with Crippen molar-refractivity contribution in [3.05, 3.63) is 0 Å². The maximum Gasteiger partial charge on any atom is -0.0287 e. The van der Waals surface area contributed by atoms with Gasteiger partial charge in [-0.1, -0.05) is 81.1 Å². The fourth-order valence-electron chi connectivity index (χ4n) is 4.03. The molecule has 0 fully saturated rings. The molecule has 128 valence electrons. The third-order valence-electron chi connectivity index (χ3n) is 5.91. The third kappa shape index (κ3) is 8.27. The highest BCUT2D eigenvalue weighted by molar-refractivity contribution is 4.86. The Morgan fingerprint density at radius 2 is 0.667 bits per heavy atom. The Bertz CT molecular complexity index is 189. The lowest BCUT2D eigenvalue weighted by Crippen LogP contribution is -2.30. The lowest BCUT2D eigenvalue weighted by atomic mass is 9.64. The van der Waals surface area contributed by atoms with Crippen molar-refractivity contribution in [1.29, 1.82) is 0 Å². The molecule has 0 amide bonds. The summed E-state index contributed by atoms with van der Waals surface area (Å²) in [4.78, 5) is 0. The zero-order valence-corrected chi connectivity index (χ0v) is 16.5. The zero-order chi connectivity index (χ0) is 16.5. The molecule has 0 aromatic carbocycles. The van der Waals surface area contributed by atoms with Gasteiger partial charge in [-0.25, -0.2) is 0 Å². The van der Waals surface area contributed by atoms with E-state index in [1.54, 1.807) is 0 Å². The first-order chi connectivity index (χ1) is 9.82.